The molecule has 0 spiro atoms. The van der Waals surface area contributed by atoms with E-state index in [-0.39, 0.29) is 11.1 Å². The highest BCUT2D eigenvalue weighted by atomic mass is 35.5. The van der Waals surface area contributed by atoms with Crippen LogP contribution >= 0.6 is 35.0 Å². The van der Waals surface area contributed by atoms with Crippen molar-refractivity contribution in [1.29, 1.82) is 0 Å². The van der Waals surface area contributed by atoms with Crippen molar-refractivity contribution in [1.82, 2.24) is 0 Å². The van der Waals surface area contributed by atoms with Crippen molar-refractivity contribution in [2.45, 2.75) is 6.61 Å². The summed E-state index contributed by atoms with van der Waals surface area (Å²) in [6, 6.07) is 12.6. The second-order valence-corrected chi connectivity index (χ2v) is 6.87. The monoisotopic (exact) mass is 378 g/mol. The fourth-order valence-electron chi connectivity index (χ4n) is 2.04. The highest BCUT2D eigenvalue weighted by molar-refractivity contribution is 8.18. The van der Waals surface area contributed by atoms with Crippen molar-refractivity contribution in [3.63, 3.8) is 0 Å². The summed E-state index contributed by atoms with van der Waals surface area (Å²) in [4.78, 5) is 15.7. The van der Waals surface area contributed by atoms with E-state index in [2.05, 4.69) is 4.99 Å². The molecular weight excluding hydrogens is 367 g/mol. The van der Waals surface area contributed by atoms with Gasteiger partial charge in [-0.05, 0) is 47.7 Å². The van der Waals surface area contributed by atoms with E-state index in [1.165, 1.54) is 11.8 Å². The largest absolute Gasteiger partial charge is 0.489 e. The third kappa shape index (κ3) is 4.12. The number of amides is 1. The minimum Gasteiger partial charge on any atom is -0.489 e. The van der Waals surface area contributed by atoms with Crippen molar-refractivity contribution in [3.8, 4) is 5.75 Å². The lowest BCUT2D eigenvalue weighted by Crippen LogP contribution is -2.01. The van der Waals surface area contributed by atoms with Gasteiger partial charge in [0.05, 0.1) is 4.91 Å². The molecule has 0 fully saturated rings. The number of halogens is 2. The molecule has 1 aliphatic rings. The Morgan fingerprint density at radius 3 is 2.54 bits per heavy atom. The summed E-state index contributed by atoms with van der Waals surface area (Å²) in [6.07, 6.45) is 1.75. The number of nitrogens with two attached hydrogens (primary N) is 1. The summed E-state index contributed by atoms with van der Waals surface area (Å²) in [5, 5.41) is 1.43. The molecule has 1 amide bonds. The van der Waals surface area contributed by atoms with Gasteiger partial charge in [0.15, 0.2) is 5.17 Å². The Labute approximate surface area is 153 Å². The summed E-state index contributed by atoms with van der Waals surface area (Å²) < 4.78 is 5.71. The Morgan fingerprint density at radius 2 is 1.92 bits per heavy atom. The average molecular weight is 379 g/mol. The number of carbonyl (C=O) groups excluding carboxylic acids is 1. The van der Waals surface area contributed by atoms with Crippen LogP contribution in [-0.4, -0.2) is 11.1 Å². The topological polar surface area (TPSA) is 64.7 Å². The number of carbonyl (C=O) groups is 1. The molecule has 2 N–H and O–H groups in total. The van der Waals surface area contributed by atoms with Gasteiger partial charge in [-0.15, -0.1) is 0 Å². The molecule has 0 aliphatic carbocycles. The maximum absolute atomic E-state index is 11.6. The molecule has 24 heavy (non-hydrogen) atoms. The molecule has 122 valence electrons. The number of benzene rings is 2. The first-order valence-corrected chi connectivity index (χ1v) is 8.53. The van der Waals surface area contributed by atoms with Crippen LogP contribution < -0.4 is 10.5 Å². The zero-order chi connectivity index (χ0) is 17.1. The predicted octanol–water partition coefficient (Wildman–Crippen LogP) is 4.50. The summed E-state index contributed by atoms with van der Waals surface area (Å²) in [5.74, 6) is 0.388. The lowest BCUT2D eigenvalue weighted by Gasteiger charge is -2.08. The lowest BCUT2D eigenvalue weighted by atomic mass is 10.2. The van der Waals surface area contributed by atoms with E-state index in [0.717, 1.165) is 11.1 Å². The molecule has 4 nitrogen and oxygen atoms in total. The van der Waals surface area contributed by atoms with Crippen molar-refractivity contribution >= 4 is 52.1 Å². The summed E-state index contributed by atoms with van der Waals surface area (Å²) >= 11 is 13.1. The van der Waals surface area contributed by atoms with Crippen LogP contribution in [0.5, 0.6) is 5.75 Å². The van der Waals surface area contributed by atoms with Gasteiger partial charge in [-0.3, -0.25) is 4.79 Å². The fourth-order valence-corrected chi connectivity index (χ4v) is 3.18. The highest BCUT2D eigenvalue weighted by Crippen LogP contribution is 2.27. The Hall–Kier alpha value is -1.95. The predicted molar refractivity (Wildman–Crippen MR) is 99.4 cm³/mol. The van der Waals surface area contributed by atoms with Crippen LogP contribution in [-0.2, 0) is 11.4 Å². The van der Waals surface area contributed by atoms with Crippen LogP contribution in [0.15, 0.2) is 52.4 Å². The molecule has 0 radical (unpaired) electrons. The van der Waals surface area contributed by atoms with Crippen LogP contribution in [0.3, 0.4) is 0 Å². The van der Waals surface area contributed by atoms with Crippen LogP contribution in [0.1, 0.15) is 11.1 Å². The maximum Gasteiger partial charge on any atom is 0.286 e. The van der Waals surface area contributed by atoms with E-state index in [1.807, 2.05) is 30.3 Å². The number of aliphatic imine (C=N–C) groups is 1. The zero-order valence-electron chi connectivity index (χ0n) is 12.3. The Balaban J connectivity index is 1.65. The molecule has 1 heterocycles. The maximum atomic E-state index is 11.6. The van der Waals surface area contributed by atoms with Crippen molar-refractivity contribution in [3.05, 3.63) is 68.5 Å². The van der Waals surface area contributed by atoms with Gasteiger partial charge in [0.2, 0.25) is 0 Å². The Morgan fingerprint density at radius 1 is 1.17 bits per heavy atom. The summed E-state index contributed by atoms with van der Waals surface area (Å²) in [7, 11) is 0. The number of hydrogen-bond donors (Lipinski definition) is 1. The number of nitrogens with zero attached hydrogens (tertiary/aromatic N) is 1. The molecule has 0 unspecified atom stereocenters. The van der Waals surface area contributed by atoms with Crippen LogP contribution in [0.4, 0.5) is 0 Å². The second-order valence-electron chi connectivity index (χ2n) is 4.96. The fraction of sp³-hybridized carbons (Fsp3) is 0.0588. The van der Waals surface area contributed by atoms with Gasteiger partial charge in [0.25, 0.3) is 5.91 Å². The van der Waals surface area contributed by atoms with E-state index in [0.29, 0.717) is 27.3 Å². The van der Waals surface area contributed by atoms with Gasteiger partial charge < -0.3 is 10.5 Å². The average Bonchev–Trinajstić information content (AvgIpc) is 2.85. The highest BCUT2D eigenvalue weighted by Gasteiger charge is 2.19. The Kier molecular flexibility index (Phi) is 5.14. The molecule has 0 atom stereocenters. The van der Waals surface area contributed by atoms with E-state index >= 15 is 0 Å². The Bertz CT molecular complexity index is 848. The van der Waals surface area contributed by atoms with Crippen molar-refractivity contribution in [2.24, 2.45) is 10.7 Å². The molecular formula is C17H12Cl2N2O2S. The molecule has 0 aromatic heterocycles. The first-order valence-electron chi connectivity index (χ1n) is 6.96. The molecule has 2 aromatic rings. The zero-order valence-corrected chi connectivity index (χ0v) is 14.7. The quantitative estimate of drug-likeness (QED) is 0.795. The number of thioether (sulfide) groups is 1. The summed E-state index contributed by atoms with van der Waals surface area (Å²) in [5.41, 5.74) is 7.24. The van der Waals surface area contributed by atoms with Gasteiger partial charge in [-0.1, -0.05) is 41.4 Å². The van der Waals surface area contributed by atoms with E-state index in [1.54, 1.807) is 18.2 Å². The standard InChI is InChI=1S/C17H12Cl2N2O2S/c18-12-4-3-11(14(19)8-12)9-23-13-5-1-10(2-6-13)7-15-16(22)21-17(20)24-15/h1-8H,9H2,(H2,20,21,22). The molecule has 0 saturated heterocycles. The number of hydrogen-bond acceptors (Lipinski definition) is 4. The van der Waals surface area contributed by atoms with Crippen LogP contribution in [0, 0.1) is 0 Å². The SMILES string of the molecule is NC1=NC(=O)C(=Cc2ccc(OCc3ccc(Cl)cc3Cl)cc2)S1. The normalized spacial score (nSPS) is 15.7. The number of ether oxygens (including phenoxy) is 1. The van der Waals surface area contributed by atoms with Crippen LogP contribution in [0.25, 0.3) is 6.08 Å². The van der Waals surface area contributed by atoms with E-state index in [4.69, 9.17) is 33.7 Å². The van der Waals surface area contributed by atoms with Crippen LogP contribution in [0.2, 0.25) is 10.0 Å². The molecule has 0 bridgehead atoms. The minimum absolute atomic E-state index is 0.269. The lowest BCUT2D eigenvalue weighted by molar-refractivity contribution is -0.113. The number of amidine groups is 1. The minimum atomic E-state index is -0.310. The van der Waals surface area contributed by atoms with Gasteiger partial charge >= 0.3 is 0 Å². The van der Waals surface area contributed by atoms with Crippen molar-refractivity contribution < 1.29 is 9.53 Å². The van der Waals surface area contributed by atoms with Gasteiger partial charge in [-0.25, -0.2) is 0 Å². The molecule has 1 aliphatic heterocycles. The molecule has 7 heteroatoms. The van der Waals surface area contributed by atoms with Gasteiger partial charge in [0.1, 0.15) is 12.4 Å². The smallest absolute Gasteiger partial charge is 0.286 e. The van der Waals surface area contributed by atoms with Crippen molar-refractivity contribution in [2.75, 3.05) is 0 Å². The van der Waals surface area contributed by atoms with E-state index < -0.39 is 0 Å². The number of rotatable bonds is 4. The first kappa shape index (κ1) is 16.9. The molecule has 3 rings (SSSR count). The third-order valence-electron chi connectivity index (χ3n) is 3.22. The third-order valence-corrected chi connectivity index (χ3v) is 4.62. The van der Waals surface area contributed by atoms with E-state index in [9.17, 15) is 4.79 Å². The molecule has 2 aromatic carbocycles. The molecule has 0 saturated carbocycles. The second kappa shape index (κ2) is 7.30. The summed E-state index contributed by atoms with van der Waals surface area (Å²) in [6.45, 7) is 0.342. The van der Waals surface area contributed by atoms with Gasteiger partial charge in [-0.2, -0.15) is 4.99 Å². The first-order chi connectivity index (χ1) is 11.5. The van der Waals surface area contributed by atoms with Gasteiger partial charge in [0, 0.05) is 15.6 Å².